The second-order valence-electron chi connectivity index (χ2n) is 4.01. The van der Waals surface area contributed by atoms with Crippen LogP contribution in [-0.4, -0.2) is 29.1 Å². The van der Waals surface area contributed by atoms with E-state index in [1.807, 2.05) is 11.3 Å². The van der Waals surface area contributed by atoms with Gasteiger partial charge in [-0.2, -0.15) is 23.5 Å². The first-order valence-electron chi connectivity index (χ1n) is 5.79. The van der Waals surface area contributed by atoms with Crippen molar-refractivity contribution in [1.82, 2.24) is 5.32 Å². The smallest absolute Gasteiger partial charge is 0.0456 e. The molecule has 1 saturated heterocycles. The standard InChI is InChI=1S/C12H19NS3/c1-3-13-12(10-6-9(2)16-7-10)11-8-14-4-5-15-11/h6-7,11-13H,3-5,8H2,1-2H3. The molecule has 2 atom stereocenters. The molecule has 1 aromatic heterocycles. The summed E-state index contributed by atoms with van der Waals surface area (Å²) in [7, 11) is 0. The maximum absolute atomic E-state index is 3.65. The van der Waals surface area contributed by atoms with Crippen LogP contribution in [0.15, 0.2) is 11.4 Å². The van der Waals surface area contributed by atoms with Gasteiger partial charge in [0.05, 0.1) is 0 Å². The molecule has 0 aliphatic carbocycles. The van der Waals surface area contributed by atoms with Gasteiger partial charge >= 0.3 is 0 Å². The van der Waals surface area contributed by atoms with E-state index in [-0.39, 0.29) is 0 Å². The minimum atomic E-state index is 0.549. The van der Waals surface area contributed by atoms with E-state index in [1.165, 1.54) is 27.7 Å². The van der Waals surface area contributed by atoms with E-state index in [4.69, 9.17) is 0 Å². The average Bonchev–Trinajstić information content (AvgIpc) is 2.74. The first-order valence-corrected chi connectivity index (χ1v) is 8.87. The summed E-state index contributed by atoms with van der Waals surface area (Å²) in [5.41, 5.74) is 1.49. The zero-order valence-corrected chi connectivity index (χ0v) is 12.3. The highest BCUT2D eigenvalue weighted by Crippen LogP contribution is 2.34. The van der Waals surface area contributed by atoms with E-state index in [0.717, 1.165) is 11.8 Å². The molecule has 1 aromatic rings. The average molecular weight is 273 g/mol. The summed E-state index contributed by atoms with van der Waals surface area (Å²) < 4.78 is 0. The second-order valence-corrected chi connectivity index (χ2v) is 7.62. The summed E-state index contributed by atoms with van der Waals surface area (Å²) in [6.07, 6.45) is 0. The van der Waals surface area contributed by atoms with Gasteiger partial charge in [-0.05, 0) is 30.5 Å². The Balaban J connectivity index is 2.09. The lowest BCUT2D eigenvalue weighted by molar-refractivity contribution is 0.552. The van der Waals surface area contributed by atoms with Crippen molar-refractivity contribution in [3.8, 4) is 0 Å². The van der Waals surface area contributed by atoms with Crippen LogP contribution in [0.4, 0.5) is 0 Å². The molecule has 16 heavy (non-hydrogen) atoms. The van der Waals surface area contributed by atoms with Crippen LogP contribution in [0.3, 0.4) is 0 Å². The van der Waals surface area contributed by atoms with Gasteiger partial charge in [0.25, 0.3) is 0 Å². The number of rotatable bonds is 4. The molecular weight excluding hydrogens is 254 g/mol. The molecule has 1 aliphatic heterocycles. The van der Waals surface area contributed by atoms with Gasteiger partial charge in [-0.3, -0.25) is 0 Å². The molecule has 0 radical (unpaired) electrons. The van der Waals surface area contributed by atoms with Gasteiger partial charge < -0.3 is 5.32 Å². The molecule has 0 amide bonds. The monoisotopic (exact) mass is 273 g/mol. The van der Waals surface area contributed by atoms with E-state index in [0.29, 0.717) is 6.04 Å². The fourth-order valence-electron chi connectivity index (χ4n) is 2.01. The molecule has 0 aromatic carbocycles. The number of thiophene rings is 1. The van der Waals surface area contributed by atoms with Crippen LogP contribution in [0, 0.1) is 6.92 Å². The maximum Gasteiger partial charge on any atom is 0.0456 e. The number of hydrogen-bond donors (Lipinski definition) is 1. The molecule has 90 valence electrons. The number of aryl methyl sites for hydroxylation is 1. The molecule has 1 aliphatic rings. The molecule has 4 heteroatoms. The Bertz CT molecular complexity index is 318. The fourth-order valence-corrected chi connectivity index (χ4v) is 5.62. The van der Waals surface area contributed by atoms with Crippen molar-refractivity contribution in [3.05, 3.63) is 21.9 Å². The highest BCUT2D eigenvalue weighted by Gasteiger charge is 2.25. The first-order chi connectivity index (χ1) is 7.81. The van der Waals surface area contributed by atoms with Crippen molar-refractivity contribution < 1.29 is 0 Å². The summed E-state index contributed by atoms with van der Waals surface area (Å²) in [5, 5.41) is 6.72. The predicted octanol–water partition coefficient (Wildman–Crippen LogP) is 3.56. The summed E-state index contributed by atoms with van der Waals surface area (Å²) in [6.45, 7) is 5.45. The molecule has 2 heterocycles. The molecule has 0 spiro atoms. The van der Waals surface area contributed by atoms with E-state index in [1.54, 1.807) is 0 Å². The van der Waals surface area contributed by atoms with Crippen LogP contribution in [-0.2, 0) is 0 Å². The van der Waals surface area contributed by atoms with E-state index >= 15 is 0 Å². The summed E-state index contributed by atoms with van der Waals surface area (Å²) in [4.78, 5) is 1.42. The zero-order valence-electron chi connectivity index (χ0n) is 9.86. The molecule has 2 rings (SSSR count). The molecule has 1 fully saturated rings. The van der Waals surface area contributed by atoms with Crippen molar-refractivity contribution >= 4 is 34.9 Å². The number of nitrogens with one attached hydrogen (secondary N) is 1. The van der Waals surface area contributed by atoms with E-state index < -0.39 is 0 Å². The van der Waals surface area contributed by atoms with Crippen molar-refractivity contribution in [2.45, 2.75) is 25.1 Å². The Kier molecular flexibility index (Phi) is 5.07. The normalized spacial score (nSPS) is 23.2. The van der Waals surface area contributed by atoms with Crippen LogP contribution in [0.5, 0.6) is 0 Å². The minimum absolute atomic E-state index is 0.549. The molecule has 2 unspecified atom stereocenters. The Labute approximate surface area is 111 Å². The van der Waals surface area contributed by atoms with Crippen LogP contribution < -0.4 is 5.32 Å². The SMILES string of the molecule is CCNC(c1csc(C)c1)C1CSCCS1. The summed E-state index contributed by atoms with van der Waals surface area (Å²) >= 11 is 6.10. The van der Waals surface area contributed by atoms with Gasteiger partial charge in [0.15, 0.2) is 0 Å². The predicted molar refractivity (Wildman–Crippen MR) is 79.0 cm³/mol. The van der Waals surface area contributed by atoms with Crippen LogP contribution >= 0.6 is 34.9 Å². The van der Waals surface area contributed by atoms with Gasteiger partial charge in [0.2, 0.25) is 0 Å². The Morgan fingerprint density at radius 2 is 2.38 bits per heavy atom. The summed E-state index contributed by atoms with van der Waals surface area (Å²) in [5.74, 6) is 3.92. The number of thioether (sulfide) groups is 2. The fraction of sp³-hybridized carbons (Fsp3) is 0.667. The Hall–Kier alpha value is 0.360. The third kappa shape index (κ3) is 3.19. The van der Waals surface area contributed by atoms with Crippen molar-refractivity contribution in [2.24, 2.45) is 0 Å². The molecule has 1 N–H and O–H groups in total. The minimum Gasteiger partial charge on any atom is -0.309 e. The van der Waals surface area contributed by atoms with Gasteiger partial charge in [-0.1, -0.05) is 6.92 Å². The van der Waals surface area contributed by atoms with Gasteiger partial charge in [0, 0.05) is 33.4 Å². The highest BCUT2D eigenvalue weighted by atomic mass is 32.2. The summed E-state index contributed by atoms with van der Waals surface area (Å²) in [6, 6.07) is 2.89. The van der Waals surface area contributed by atoms with E-state index in [9.17, 15) is 0 Å². The first kappa shape index (κ1) is 12.8. The largest absolute Gasteiger partial charge is 0.309 e. The van der Waals surface area contributed by atoms with Crippen molar-refractivity contribution in [3.63, 3.8) is 0 Å². The van der Waals surface area contributed by atoms with Crippen LogP contribution in [0.25, 0.3) is 0 Å². The Morgan fingerprint density at radius 1 is 1.50 bits per heavy atom. The lowest BCUT2D eigenvalue weighted by atomic mass is 10.1. The maximum atomic E-state index is 3.65. The second kappa shape index (κ2) is 6.34. The van der Waals surface area contributed by atoms with Gasteiger partial charge in [-0.25, -0.2) is 0 Å². The molecular formula is C12H19NS3. The lowest BCUT2D eigenvalue weighted by Crippen LogP contribution is -2.33. The Morgan fingerprint density at radius 3 is 2.94 bits per heavy atom. The van der Waals surface area contributed by atoms with Crippen molar-refractivity contribution in [1.29, 1.82) is 0 Å². The third-order valence-corrected chi connectivity index (χ3v) is 6.49. The third-order valence-electron chi connectivity index (χ3n) is 2.75. The topological polar surface area (TPSA) is 12.0 Å². The lowest BCUT2D eigenvalue weighted by Gasteiger charge is -2.29. The van der Waals surface area contributed by atoms with Gasteiger partial charge in [-0.15, -0.1) is 11.3 Å². The van der Waals surface area contributed by atoms with Crippen LogP contribution in [0.2, 0.25) is 0 Å². The highest BCUT2D eigenvalue weighted by molar-refractivity contribution is 8.06. The van der Waals surface area contributed by atoms with Crippen molar-refractivity contribution in [2.75, 3.05) is 23.8 Å². The van der Waals surface area contributed by atoms with E-state index in [2.05, 4.69) is 54.1 Å². The molecule has 0 bridgehead atoms. The molecule has 0 saturated carbocycles. The quantitative estimate of drug-likeness (QED) is 0.901. The molecule has 1 nitrogen and oxygen atoms in total. The van der Waals surface area contributed by atoms with Gasteiger partial charge in [0.1, 0.15) is 0 Å². The zero-order chi connectivity index (χ0) is 11.4. The number of hydrogen-bond acceptors (Lipinski definition) is 4. The van der Waals surface area contributed by atoms with Crippen LogP contribution in [0.1, 0.15) is 23.4 Å².